The summed E-state index contributed by atoms with van der Waals surface area (Å²) in [5.74, 6) is -1.40. The molecule has 1 N–H and O–H groups in total. The Bertz CT molecular complexity index is 1220. The third-order valence-electron chi connectivity index (χ3n) is 5.57. The summed E-state index contributed by atoms with van der Waals surface area (Å²) in [4.78, 5) is 31.9. The van der Waals surface area contributed by atoms with Crippen LogP contribution in [0.15, 0.2) is 72.6 Å². The summed E-state index contributed by atoms with van der Waals surface area (Å²) in [7, 11) is 0. The fourth-order valence-corrected chi connectivity index (χ4v) is 4.09. The first-order valence-electron chi connectivity index (χ1n) is 10.7. The fourth-order valence-electron chi connectivity index (χ4n) is 3.92. The number of pyridine rings is 1. The van der Waals surface area contributed by atoms with E-state index in [-0.39, 0.29) is 11.3 Å². The highest BCUT2D eigenvalue weighted by molar-refractivity contribution is 6.51. The number of nitrogens with zero attached hydrogens (tertiary/aromatic N) is 2. The SMILES string of the molecule is CCOc1cc(/C(O)=C2/C(=O)C(=O)N(c3ccc(CC)cc3)C2c2cccnc2)ccc1Cl. The van der Waals surface area contributed by atoms with Crippen LogP contribution in [-0.2, 0) is 16.0 Å². The summed E-state index contributed by atoms with van der Waals surface area (Å²) in [5, 5.41) is 11.6. The van der Waals surface area contributed by atoms with E-state index in [0.717, 1.165) is 12.0 Å². The van der Waals surface area contributed by atoms with Crippen molar-refractivity contribution < 1.29 is 19.4 Å². The molecule has 0 bridgehead atoms. The van der Waals surface area contributed by atoms with Crippen LogP contribution in [-0.4, -0.2) is 28.4 Å². The molecule has 1 aliphatic heterocycles. The number of carbonyl (C=O) groups excluding carboxylic acids is 2. The molecule has 1 atom stereocenters. The first-order valence-corrected chi connectivity index (χ1v) is 11.1. The number of aliphatic hydroxyl groups excluding tert-OH is 1. The maximum atomic E-state index is 13.2. The van der Waals surface area contributed by atoms with Crippen LogP contribution < -0.4 is 9.64 Å². The molecule has 0 spiro atoms. The lowest BCUT2D eigenvalue weighted by atomic mass is 9.96. The highest BCUT2D eigenvalue weighted by Gasteiger charge is 2.47. The number of anilines is 1. The van der Waals surface area contributed by atoms with Gasteiger partial charge in [0.1, 0.15) is 11.5 Å². The molecule has 1 amide bonds. The average Bonchev–Trinajstić information content (AvgIpc) is 3.11. The van der Waals surface area contributed by atoms with E-state index in [2.05, 4.69) is 4.98 Å². The molecular formula is C26H23ClN2O4. The Balaban J connectivity index is 1.90. The predicted octanol–water partition coefficient (Wildman–Crippen LogP) is 5.32. The fraction of sp³-hybridized carbons (Fsp3) is 0.192. The zero-order valence-electron chi connectivity index (χ0n) is 18.3. The molecule has 1 aliphatic rings. The van der Waals surface area contributed by atoms with Gasteiger partial charge in [-0.25, -0.2) is 0 Å². The number of Topliss-reactive ketones (excluding diaryl/α,β-unsaturated/α-hetero) is 1. The Hall–Kier alpha value is -3.64. The second kappa shape index (κ2) is 9.46. The van der Waals surface area contributed by atoms with Crippen LogP contribution >= 0.6 is 11.6 Å². The topological polar surface area (TPSA) is 79.7 Å². The number of amides is 1. The van der Waals surface area contributed by atoms with Gasteiger partial charge in [-0.3, -0.25) is 19.5 Å². The van der Waals surface area contributed by atoms with Gasteiger partial charge in [-0.15, -0.1) is 0 Å². The molecule has 2 aromatic carbocycles. The van der Waals surface area contributed by atoms with Crippen LogP contribution in [0.1, 0.15) is 36.6 Å². The third-order valence-corrected chi connectivity index (χ3v) is 5.88. The van der Waals surface area contributed by atoms with E-state index in [1.165, 1.54) is 4.90 Å². The number of ketones is 1. The first-order chi connectivity index (χ1) is 16.0. The van der Waals surface area contributed by atoms with Gasteiger partial charge in [-0.1, -0.05) is 36.7 Å². The molecule has 0 saturated carbocycles. The Morgan fingerprint density at radius 3 is 2.52 bits per heavy atom. The van der Waals surface area contributed by atoms with Gasteiger partial charge < -0.3 is 9.84 Å². The van der Waals surface area contributed by atoms with E-state index in [0.29, 0.717) is 34.2 Å². The molecule has 1 unspecified atom stereocenters. The zero-order valence-corrected chi connectivity index (χ0v) is 19.0. The van der Waals surface area contributed by atoms with Crippen molar-refractivity contribution in [1.82, 2.24) is 4.98 Å². The number of hydrogen-bond acceptors (Lipinski definition) is 5. The largest absolute Gasteiger partial charge is 0.507 e. The molecule has 0 aliphatic carbocycles. The van der Waals surface area contributed by atoms with Crippen LogP contribution in [0.4, 0.5) is 5.69 Å². The van der Waals surface area contributed by atoms with Gasteiger partial charge in [-0.05, 0) is 60.9 Å². The number of benzene rings is 2. The van der Waals surface area contributed by atoms with Crippen molar-refractivity contribution >= 4 is 34.7 Å². The highest BCUT2D eigenvalue weighted by atomic mass is 35.5. The lowest BCUT2D eigenvalue weighted by molar-refractivity contribution is -0.132. The number of hydrogen-bond donors (Lipinski definition) is 1. The van der Waals surface area contributed by atoms with E-state index in [9.17, 15) is 14.7 Å². The molecule has 4 rings (SSSR count). The summed E-state index contributed by atoms with van der Waals surface area (Å²) in [6.45, 7) is 4.25. The minimum Gasteiger partial charge on any atom is -0.507 e. The molecule has 1 saturated heterocycles. The molecule has 33 heavy (non-hydrogen) atoms. The third kappa shape index (κ3) is 4.22. The minimum absolute atomic E-state index is 0.0164. The lowest BCUT2D eigenvalue weighted by Crippen LogP contribution is -2.29. The molecule has 2 heterocycles. The van der Waals surface area contributed by atoms with Crippen molar-refractivity contribution in [1.29, 1.82) is 0 Å². The van der Waals surface area contributed by atoms with Gasteiger partial charge in [0.15, 0.2) is 0 Å². The monoisotopic (exact) mass is 462 g/mol. The second-order valence-electron chi connectivity index (χ2n) is 7.55. The van der Waals surface area contributed by atoms with Gasteiger partial charge in [-0.2, -0.15) is 0 Å². The van der Waals surface area contributed by atoms with Crippen LogP contribution in [0.25, 0.3) is 5.76 Å². The van der Waals surface area contributed by atoms with Gasteiger partial charge in [0.05, 0.1) is 23.2 Å². The average molecular weight is 463 g/mol. The van der Waals surface area contributed by atoms with Gasteiger partial charge >= 0.3 is 0 Å². The smallest absolute Gasteiger partial charge is 0.300 e. The molecule has 1 fully saturated rings. The first kappa shape index (κ1) is 22.6. The van der Waals surface area contributed by atoms with Crippen molar-refractivity contribution in [3.63, 3.8) is 0 Å². The van der Waals surface area contributed by atoms with Crippen LogP contribution in [0.2, 0.25) is 5.02 Å². The van der Waals surface area contributed by atoms with Gasteiger partial charge in [0.25, 0.3) is 11.7 Å². The minimum atomic E-state index is -0.836. The number of aliphatic hydroxyl groups is 1. The molecule has 168 valence electrons. The number of aryl methyl sites for hydroxylation is 1. The number of carbonyl (C=O) groups is 2. The van der Waals surface area contributed by atoms with Crippen molar-refractivity contribution in [2.24, 2.45) is 0 Å². The van der Waals surface area contributed by atoms with E-state index < -0.39 is 17.7 Å². The van der Waals surface area contributed by atoms with E-state index in [1.807, 2.05) is 38.1 Å². The Morgan fingerprint density at radius 2 is 1.88 bits per heavy atom. The summed E-state index contributed by atoms with van der Waals surface area (Å²) < 4.78 is 5.52. The molecule has 7 heteroatoms. The van der Waals surface area contributed by atoms with Crippen molar-refractivity contribution in [3.05, 3.63) is 94.3 Å². The van der Waals surface area contributed by atoms with Crippen molar-refractivity contribution in [2.45, 2.75) is 26.3 Å². The Labute approximate surface area is 197 Å². The summed E-state index contributed by atoms with van der Waals surface area (Å²) in [6.07, 6.45) is 4.05. The predicted molar refractivity (Wildman–Crippen MR) is 127 cm³/mol. The number of ether oxygens (including phenoxy) is 1. The number of aromatic nitrogens is 1. The summed E-state index contributed by atoms with van der Waals surface area (Å²) in [5.41, 5.74) is 2.59. The Morgan fingerprint density at radius 1 is 1.12 bits per heavy atom. The van der Waals surface area contributed by atoms with E-state index in [4.69, 9.17) is 16.3 Å². The molecule has 0 radical (unpaired) electrons. The van der Waals surface area contributed by atoms with Crippen LogP contribution in [0, 0.1) is 0 Å². The highest BCUT2D eigenvalue weighted by Crippen LogP contribution is 2.42. The van der Waals surface area contributed by atoms with E-state index in [1.54, 1.807) is 42.7 Å². The standard InChI is InChI=1S/C26H23ClN2O4/c1-3-16-7-10-19(11-8-16)29-23(18-6-5-13-28-15-18)22(25(31)26(29)32)24(30)17-9-12-20(27)21(14-17)33-4-2/h5-15,23,30H,3-4H2,1-2H3/b24-22-. The van der Waals surface area contributed by atoms with Crippen LogP contribution in [0.5, 0.6) is 5.75 Å². The number of halogens is 1. The summed E-state index contributed by atoms with van der Waals surface area (Å²) in [6, 6.07) is 14.9. The van der Waals surface area contributed by atoms with Crippen LogP contribution in [0.3, 0.4) is 0 Å². The quantitative estimate of drug-likeness (QED) is 0.304. The van der Waals surface area contributed by atoms with Gasteiger partial charge in [0, 0.05) is 23.6 Å². The molecule has 1 aromatic heterocycles. The maximum absolute atomic E-state index is 13.2. The number of rotatable bonds is 6. The molecule has 6 nitrogen and oxygen atoms in total. The normalized spacial score (nSPS) is 17.4. The second-order valence-corrected chi connectivity index (χ2v) is 7.96. The zero-order chi connectivity index (χ0) is 23.5. The maximum Gasteiger partial charge on any atom is 0.300 e. The van der Waals surface area contributed by atoms with Gasteiger partial charge in [0.2, 0.25) is 0 Å². The van der Waals surface area contributed by atoms with Crippen molar-refractivity contribution in [2.75, 3.05) is 11.5 Å². The molecule has 3 aromatic rings. The Kier molecular flexibility index (Phi) is 6.47. The lowest BCUT2D eigenvalue weighted by Gasteiger charge is -2.25. The summed E-state index contributed by atoms with van der Waals surface area (Å²) >= 11 is 6.18. The van der Waals surface area contributed by atoms with Crippen molar-refractivity contribution in [3.8, 4) is 5.75 Å². The molecular weight excluding hydrogens is 440 g/mol. The van der Waals surface area contributed by atoms with E-state index >= 15 is 0 Å².